The van der Waals surface area contributed by atoms with E-state index in [1.54, 1.807) is 0 Å². The van der Waals surface area contributed by atoms with Crippen molar-refractivity contribution in [2.75, 3.05) is 13.2 Å². The molecule has 0 bridgehead atoms. The van der Waals surface area contributed by atoms with Gasteiger partial charge in [0.15, 0.2) is 0 Å². The van der Waals surface area contributed by atoms with Crippen LogP contribution in [0.1, 0.15) is 6.42 Å². The van der Waals surface area contributed by atoms with E-state index in [9.17, 15) is 9.90 Å². The van der Waals surface area contributed by atoms with E-state index in [1.165, 1.54) is 0 Å². The van der Waals surface area contributed by atoms with Gasteiger partial charge in [-0.3, -0.25) is 4.79 Å². The van der Waals surface area contributed by atoms with Gasteiger partial charge < -0.3 is 20.9 Å². The molecule has 78 valence electrons. The first-order valence-electron chi connectivity index (χ1n) is 4.40. The Balaban J connectivity index is 2.36. The summed E-state index contributed by atoms with van der Waals surface area (Å²) >= 11 is 0. The van der Waals surface area contributed by atoms with Crippen LogP contribution >= 0.6 is 0 Å². The number of aliphatic hydroxyl groups excluding tert-OH is 1. The fourth-order valence-corrected chi connectivity index (χ4v) is 1.19. The Hall–Kier alpha value is -1.09. The van der Waals surface area contributed by atoms with E-state index in [-0.39, 0.29) is 25.0 Å². The lowest BCUT2D eigenvalue weighted by atomic mass is 10.1. The number of carbonyl (C=O) groups is 1. The Morgan fingerprint density at radius 2 is 2.50 bits per heavy atom. The summed E-state index contributed by atoms with van der Waals surface area (Å²) < 4.78 is 4.96. The first-order chi connectivity index (χ1) is 6.65. The molecule has 1 aliphatic rings. The zero-order chi connectivity index (χ0) is 10.6. The van der Waals surface area contributed by atoms with Crippen LogP contribution in [0.15, 0.2) is 0 Å². The van der Waals surface area contributed by atoms with Crippen LogP contribution in [-0.2, 0) is 9.53 Å². The van der Waals surface area contributed by atoms with Crippen molar-refractivity contribution in [3.8, 4) is 12.3 Å². The first-order valence-corrected chi connectivity index (χ1v) is 4.40. The molecule has 0 aromatic carbocycles. The molecule has 0 aromatic heterocycles. The van der Waals surface area contributed by atoms with Crippen LogP contribution in [0.4, 0.5) is 0 Å². The summed E-state index contributed by atoms with van der Waals surface area (Å²) in [7, 11) is 0. The van der Waals surface area contributed by atoms with E-state index >= 15 is 0 Å². The maximum Gasteiger partial charge on any atom is 0.238 e. The summed E-state index contributed by atoms with van der Waals surface area (Å²) in [5.74, 6) is 1.96. The van der Waals surface area contributed by atoms with Crippen molar-refractivity contribution in [2.45, 2.75) is 24.6 Å². The standard InChI is InChI=1S/C9H14N2O3/c1-2-3-6(10)9(13)11-7-4-14-5-8(7)12/h1,6-8,12H,3-5,10H2,(H,11,13)/t6?,7-,8-/m1/s1. The van der Waals surface area contributed by atoms with E-state index in [2.05, 4.69) is 11.2 Å². The lowest BCUT2D eigenvalue weighted by Gasteiger charge is -2.16. The SMILES string of the molecule is C#CCC(N)C(=O)N[C@@H]1COC[C@H]1O. The Bertz CT molecular complexity index is 249. The van der Waals surface area contributed by atoms with Gasteiger partial charge in [0.1, 0.15) is 0 Å². The third kappa shape index (κ3) is 2.70. The van der Waals surface area contributed by atoms with Crippen LogP contribution in [0.2, 0.25) is 0 Å². The van der Waals surface area contributed by atoms with E-state index in [1.807, 2.05) is 0 Å². The lowest BCUT2D eigenvalue weighted by Crippen LogP contribution is -2.49. The fourth-order valence-electron chi connectivity index (χ4n) is 1.19. The van der Waals surface area contributed by atoms with E-state index in [0.717, 1.165) is 0 Å². The molecular weight excluding hydrogens is 184 g/mol. The Labute approximate surface area is 82.6 Å². The monoisotopic (exact) mass is 198 g/mol. The molecule has 0 aromatic rings. The number of terminal acetylenes is 1. The van der Waals surface area contributed by atoms with Crippen molar-refractivity contribution in [3.05, 3.63) is 0 Å². The molecule has 14 heavy (non-hydrogen) atoms. The highest BCUT2D eigenvalue weighted by molar-refractivity contribution is 5.82. The second-order valence-corrected chi connectivity index (χ2v) is 3.23. The molecule has 1 amide bonds. The summed E-state index contributed by atoms with van der Waals surface area (Å²) in [6.45, 7) is 0.561. The highest BCUT2D eigenvalue weighted by Gasteiger charge is 2.28. The molecule has 5 nitrogen and oxygen atoms in total. The van der Waals surface area contributed by atoms with Gasteiger partial charge >= 0.3 is 0 Å². The van der Waals surface area contributed by atoms with Crippen LogP contribution < -0.4 is 11.1 Å². The average Bonchev–Trinajstić information content (AvgIpc) is 2.52. The van der Waals surface area contributed by atoms with Gasteiger partial charge in [0, 0.05) is 6.42 Å². The highest BCUT2D eigenvalue weighted by atomic mass is 16.5. The third-order valence-electron chi connectivity index (χ3n) is 2.05. The minimum Gasteiger partial charge on any atom is -0.388 e. The fraction of sp³-hybridized carbons (Fsp3) is 0.667. The van der Waals surface area contributed by atoms with Crippen molar-refractivity contribution in [1.29, 1.82) is 0 Å². The van der Waals surface area contributed by atoms with Crippen molar-refractivity contribution in [1.82, 2.24) is 5.32 Å². The van der Waals surface area contributed by atoms with Crippen LogP contribution in [0.25, 0.3) is 0 Å². The average molecular weight is 198 g/mol. The van der Waals surface area contributed by atoms with Gasteiger partial charge in [-0.2, -0.15) is 0 Å². The van der Waals surface area contributed by atoms with Crippen molar-refractivity contribution < 1.29 is 14.6 Å². The Morgan fingerprint density at radius 3 is 3.00 bits per heavy atom. The molecule has 1 fully saturated rings. The van der Waals surface area contributed by atoms with Crippen LogP contribution in [0.3, 0.4) is 0 Å². The summed E-state index contributed by atoms with van der Waals surface area (Å²) in [5, 5.41) is 11.9. The molecule has 5 heteroatoms. The minimum atomic E-state index is -0.715. The molecule has 1 rings (SSSR count). The number of aliphatic hydroxyl groups is 1. The number of amides is 1. The lowest BCUT2D eigenvalue weighted by molar-refractivity contribution is -0.123. The predicted molar refractivity (Wildman–Crippen MR) is 50.2 cm³/mol. The molecule has 3 atom stereocenters. The van der Waals surface area contributed by atoms with Gasteiger partial charge in [-0.15, -0.1) is 12.3 Å². The van der Waals surface area contributed by atoms with E-state index in [4.69, 9.17) is 16.9 Å². The molecule has 0 aliphatic carbocycles. The van der Waals surface area contributed by atoms with Crippen molar-refractivity contribution in [2.24, 2.45) is 5.73 Å². The van der Waals surface area contributed by atoms with Gasteiger partial charge in [-0.1, -0.05) is 0 Å². The van der Waals surface area contributed by atoms with Gasteiger partial charge in [-0.05, 0) is 0 Å². The normalized spacial score (nSPS) is 28.1. The zero-order valence-electron chi connectivity index (χ0n) is 7.77. The van der Waals surface area contributed by atoms with Crippen molar-refractivity contribution in [3.63, 3.8) is 0 Å². The number of nitrogens with two attached hydrogens (primary N) is 1. The number of rotatable bonds is 3. The Morgan fingerprint density at radius 1 is 1.79 bits per heavy atom. The second kappa shape index (κ2) is 4.96. The molecule has 0 saturated carbocycles. The maximum absolute atomic E-state index is 11.3. The number of nitrogens with one attached hydrogen (secondary N) is 1. The van der Waals surface area contributed by atoms with Gasteiger partial charge in [0.25, 0.3) is 0 Å². The van der Waals surface area contributed by atoms with E-state index < -0.39 is 12.1 Å². The molecular formula is C9H14N2O3. The minimum absolute atomic E-state index is 0.190. The summed E-state index contributed by atoms with van der Waals surface area (Å²) in [6.07, 6.45) is 4.55. The highest BCUT2D eigenvalue weighted by Crippen LogP contribution is 2.05. The molecule has 1 heterocycles. The second-order valence-electron chi connectivity index (χ2n) is 3.23. The topological polar surface area (TPSA) is 84.6 Å². The molecule has 1 unspecified atom stereocenters. The van der Waals surface area contributed by atoms with Crippen molar-refractivity contribution >= 4 is 5.91 Å². The van der Waals surface area contributed by atoms with Gasteiger partial charge in [0.2, 0.25) is 5.91 Å². The van der Waals surface area contributed by atoms with Gasteiger partial charge in [-0.25, -0.2) is 0 Å². The number of hydrogen-bond acceptors (Lipinski definition) is 4. The maximum atomic E-state index is 11.3. The van der Waals surface area contributed by atoms with Crippen LogP contribution in [0.5, 0.6) is 0 Å². The largest absolute Gasteiger partial charge is 0.388 e. The zero-order valence-corrected chi connectivity index (χ0v) is 7.77. The van der Waals surface area contributed by atoms with Crippen LogP contribution in [0, 0.1) is 12.3 Å². The van der Waals surface area contributed by atoms with Crippen LogP contribution in [-0.4, -0.2) is 42.4 Å². The van der Waals surface area contributed by atoms with Gasteiger partial charge in [0.05, 0.1) is 31.4 Å². The van der Waals surface area contributed by atoms with E-state index in [0.29, 0.717) is 6.61 Å². The molecule has 0 spiro atoms. The number of hydrogen-bond donors (Lipinski definition) is 3. The molecule has 1 aliphatic heterocycles. The predicted octanol–water partition coefficient (Wildman–Crippen LogP) is -1.79. The Kier molecular flexibility index (Phi) is 3.89. The third-order valence-corrected chi connectivity index (χ3v) is 2.05. The summed E-state index contributed by atoms with van der Waals surface area (Å²) in [4.78, 5) is 11.3. The molecule has 4 N–H and O–H groups in total. The number of ether oxygens (including phenoxy) is 1. The smallest absolute Gasteiger partial charge is 0.238 e. The quantitative estimate of drug-likeness (QED) is 0.468. The summed E-state index contributed by atoms with van der Waals surface area (Å²) in [5.41, 5.74) is 5.47. The molecule has 0 radical (unpaired) electrons. The summed E-state index contributed by atoms with van der Waals surface area (Å²) in [6, 6.07) is -1.08. The molecule has 1 saturated heterocycles. The first kappa shape index (κ1) is 11.0. The number of carbonyl (C=O) groups excluding carboxylic acids is 1.